The third-order valence-electron chi connectivity index (χ3n) is 3.38. The molecule has 1 aromatic heterocycles. The lowest BCUT2D eigenvalue weighted by Crippen LogP contribution is -2.25. The van der Waals surface area contributed by atoms with Gasteiger partial charge in [-0.1, -0.05) is 30.3 Å². The second kappa shape index (κ2) is 7.82. The molecule has 1 aromatic carbocycles. The average Bonchev–Trinajstić information content (AvgIpc) is 2.92. The molecule has 2 rings (SSSR count). The summed E-state index contributed by atoms with van der Waals surface area (Å²) in [6.07, 6.45) is 6.05. The van der Waals surface area contributed by atoms with Crippen molar-refractivity contribution in [3.63, 3.8) is 0 Å². The van der Waals surface area contributed by atoms with Crippen molar-refractivity contribution in [3.8, 4) is 0 Å². The highest BCUT2D eigenvalue weighted by molar-refractivity contribution is 5.14. The van der Waals surface area contributed by atoms with E-state index in [-0.39, 0.29) is 6.61 Å². The highest BCUT2D eigenvalue weighted by Gasteiger charge is 2.04. The molecule has 2 aromatic rings. The van der Waals surface area contributed by atoms with Crippen LogP contribution in [-0.4, -0.2) is 27.5 Å². The van der Waals surface area contributed by atoms with Crippen molar-refractivity contribution in [2.75, 3.05) is 6.61 Å². The van der Waals surface area contributed by atoms with E-state index in [4.69, 9.17) is 5.11 Å². The molecule has 0 spiro atoms. The van der Waals surface area contributed by atoms with E-state index in [9.17, 15) is 0 Å². The third-order valence-corrected chi connectivity index (χ3v) is 3.38. The van der Waals surface area contributed by atoms with E-state index in [0.717, 1.165) is 24.9 Å². The van der Waals surface area contributed by atoms with Gasteiger partial charge in [0, 0.05) is 24.3 Å². The van der Waals surface area contributed by atoms with Crippen LogP contribution < -0.4 is 5.32 Å². The SMILES string of the molecule is CC(CCc1ccccc1)NCc1cnn(CCO)c1. The highest BCUT2D eigenvalue weighted by atomic mass is 16.3. The Morgan fingerprint density at radius 2 is 2.05 bits per heavy atom. The first-order valence-corrected chi connectivity index (χ1v) is 7.17. The Bertz CT molecular complexity index is 495. The highest BCUT2D eigenvalue weighted by Crippen LogP contribution is 2.05. The lowest BCUT2D eigenvalue weighted by Gasteiger charge is -2.13. The number of aliphatic hydroxyl groups is 1. The Hall–Kier alpha value is -1.65. The van der Waals surface area contributed by atoms with E-state index in [0.29, 0.717) is 12.6 Å². The van der Waals surface area contributed by atoms with Crippen LogP contribution in [0, 0.1) is 0 Å². The number of hydrogen-bond donors (Lipinski definition) is 2. The van der Waals surface area contributed by atoms with Crippen LogP contribution in [0.15, 0.2) is 42.7 Å². The van der Waals surface area contributed by atoms with E-state index < -0.39 is 0 Å². The minimum Gasteiger partial charge on any atom is -0.394 e. The smallest absolute Gasteiger partial charge is 0.0640 e. The van der Waals surface area contributed by atoms with Crippen LogP contribution in [-0.2, 0) is 19.5 Å². The van der Waals surface area contributed by atoms with Crippen molar-refractivity contribution in [2.45, 2.75) is 38.9 Å². The summed E-state index contributed by atoms with van der Waals surface area (Å²) in [5, 5.41) is 16.6. The lowest BCUT2D eigenvalue weighted by molar-refractivity contribution is 0.269. The molecule has 4 heteroatoms. The summed E-state index contributed by atoms with van der Waals surface area (Å²) in [6, 6.07) is 11.0. The van der Waals surface area contributed by atoms with E-state index >= 15 is 0 Å². The largest absolute Gasteiger partial charge is 0.394 e. The minimum absolute atomic E-state index is 0.127. The predicted molar refractivity (Wildman–Crippen MR) is 80.4 cm³/mol. The summed E-state index contributed by atoms with van der Waals surface area (Å²) in [4.78, 5) is 0. The van der Waals surface area contributed by atoms with Crippen LogP contribution >= 0.6 is 0 Å². The fourth-order valence-electron chi connectivity index (χ4n) is 2.14. The van der Waals surface area contributed by atoms with E-state index in [1.165, 1.54) is 5.56 Å². The lowest BCUT2D eigenvalue weighted by atomic mass is 10.1. The number of benzene rings is 1. The zero-order valence-corrected chi connectivity index (χ0v) is 12.0. The molecular formula is C16H23N3O. The predicted octanol–water partition coefficient (Wildman–Crippen LogP) is 1.99. The number of aliphatic hydroxyl groups excluding tert-OH is 1. The van der Waals surface area contributed by atoms with Gasteiger partial charge in [0.25, 0.3) is 0 Å². The molecule has 108 valence electrons. The van der Waals surface area contributed by atoms with Gasteiger partial charge >= 0.3 is 0 Å². The molecule has 1 atom stereocenters. The first kappa shape index (κ1) is 14.8. The van der Waals surface area contributed by atoms with Gasteiger partial charge in [-0.2, -0.15) is 5.10 Å². The van der Waals surface area contributed by atoms with Gasteiger partial charge in [0.2, 0.25) is 0 Å². The number of nitrogens with zero attached hydrogens (tertiary/aromatic N) is 2. The van der Waals surface area contributed by atoms with Crippen molar-refractivity contribution >= 4 is 0 Å². The summed E-state index contributed by atoms with van der Waals surface area (Å²) >= 11 is 0. The fourth-order valence-corrected chi connectivity index (χ4v) is 2.14. The topological polar surface area (TPSA) is 50.1 Å². The summed E-state index contributed by atoms with van der Waals surface area (Å²) in [7, 11) is 0. The molecule has 0 aliphatic heterocycles. The van der Waals surface area contributed by atoms with E-state index in [2.05, 4.69) is 47.7 Å². The zero-order chi connectivity index (χ0) is 14.2. The molecule has 1 unspecified atom stereocenters. The standard InChI is InChI=1S/C16H23N3O/c1-14(7-8-15-5-3-2-4-6-15)17-11-16-12-18-19(13-16)9-10-20/h2-6,12-14,17,20H,7-11H2,1H3. The Morgan fingerprint density at radius 1 is 1.25 bits per heavy atom. The van der Waals surface area contributed by atoms with Gasteiger partial charge in [-0.25, -0.2) is 0 Å². The summed E-state index contributed by atoms with van der Waals surface area (Å²) in [6.45, 7) is 3.72. The van der Waals surface area contributed by atoms with Gasteiger partial charge in [-0.3, -0.25) is 4.68 Å². The number of aryl methyl sites for hydroxylation is 1. The molecule has 20 heavy (non-hydrogen) atoms. The van der Waals surface area contributed by atoms with Crippen LogP contribution in [0.5, 0.6) is 0 Å². The maximum absolute atomic E-state index is 8.85. The van der Waals surface area contributed by atoms with Gasteiger partial charge in [0.15, 0.2) is 0 Å². The van der Waals surface area contributed by atoms with Crippen molar-refractivity contribution in [2.24, 2.45) is 0 Å². The Kier molecular flexibility index (Phi) is 5.77. The van der Waals surface area contributed by atoms with Gasteiger partial charge in [0.1, 0.15) is 0 Å². The summed E-state index contributed by atoms with van der Waals surface area (Å²) < 4.78 is 1.77. The number of hydrogen-bond acceptors (Lipinski definition) is 3. The average molecular weight is 273 g/mol. The number of rotatable bonds is 8. The molecule has 0 fully saturated rings. The minimum atomic E-state index is 0.127. The Balaban J connectivity index is 1.70. The maximum atomic E-state index is 8.85. The second-order valence-corrected chi connectivity index (χ2v) is 5.14. The van der Waals surface area contributed by atoms with Gasteiger partial charge < -0.3 is 10.4 Å². The first-order valence-electron chi connectivity index (χ1n) is 7.17. The molecule has 0 amide bonds. The number of aromatic nitrogens is 2. The van der Waals surface area contributed by atoms with Gasteiger partial charge in [0.05, 0.1) is 19.3 Å². The molecule has 0 radical (unpaired) electrons. The molecule has 1 heterocycles. The normalized spacial score (nSPS) is 12.5. The summed E-state index contributed by atoms with van der Waals surface area (Å²) in [5.74, 6) is 0. The second-order valence-electron chi connectivity index (χ2n) is 5.14. The van der Waals surface area contributed by atoms with E-state index in [1.54, 1.807) is 4.68 Å². The van der Waals surface area contributed by atoms with Gasteiger partial charge in [-0.05, 0) is 25.3 Å². The molecular weight excluding hydrogens is 250 g/mol. The molecule has 0 saturated heterocycles. The third kappa shape index (κ3) is 4.79. The molecule has 0 aliphatic rings. The number of nitrogens with one attached hydrogen (secondary N) is 1. The quantitative estimate of drug-likeness (QED) is 0.773. The van der Waals surface area contributed by atoms with Crippen LogP contribution in [0.3, 0.4) is 0 Å². The molecule has 0 aliphatic carbocycles. The van der Waals surface area contributed by atoms with Crippen molar-refractivity contribution in [3.05, 3.63) is 53.9 Å². The van der Waals surface area contributed by atoms with Crippen LogP contribution in [0.25, 0.3) is 0 Å². The Morgan fingerprint density at radius 3 is 2.80 bits per heavy atom. The van der Waals surface area contributed by atoms with Crippen molar-refractivity contribution in [1.82, 2.24) is 15.1 Å². The van der Waals surface area contributed by atoms with Crippen LogP contribution in [0.1, 0.15) is 24.5 Å². The van der Waals surface area contributed by atoms with Crippen molar-refractivity contribution in [1.29, 1.82) is 0 Å². The Labute approximate surface area is 120 Å². The molecule has 4 nitrogen and oxygen atoms in total. The molecule has 0 saturated carbocycles. The monoisotopic (exact) mass is 273 g/mol. The fraction of sp³-hybridized carbons (Fsp3) is 0.438. The molecule has 2 N–H and O–H groups in total. The van der Waals surface area contributed by atoms with Crippen LogP contribution in [0.4, 0.5) is 0 Å². The zero-order valence-electron chi connectivity index (χ0n) is 12.0. The van der Waals surface area contributed by atoms with Gasteiger partial charge in [-0.15, -0.1) is 0 Å². The first-order chi connectivity index (χ1) is 9.78. The van der Waals surface area contributed by atoms with Crippen molar-refractivity contribution < 1.29 is 5.11 Å². The summed E-state index contributed by atoms with van der Waals surface area (Å²) in [5.41, 5.74) is 2.54. The van der Waals surface area contributed by atoms with E-state index in [1.807, 2.05) is 12.4 Å². The maximum Gasteiger partial charge on any atom is 0.0640 e. The van der Waals surface area contributed by atoms with Crippen LogP contribution in [0.2, 0.25) is 0 Å². The molecule has 0 bridgehead atoms.